The molecule has 0 aromatic heterocycles. The van der Waals surface area contributed by atoms with Gasteiger partial charge in [-0.3, -0.25) is 14.9 Å². The molecule has 0 heterocycles. The van der Waals surface area contributed by atoms with E-state index in [0.717, 1.165) is 5.69 Å². The number of methoxy groups -OCH3 is 1. The average molecular weight is 264 g/mol. The number of ether oxygens (including phenoxy) is 1. The Bertz CT molecular complexity index is 420. The van der Waals surface area contributed by atoms with Crippen LogP contribution in [0.1, 0.15) is 20.3 Å². The lowest BCUT2D eigenvalue weighted by Gasteiger charge is -2.19. The summed E-state index contributed by atoms with van der Waals surface area (Å²) in [6.45, 7) is 3.57. The van der Waals surface area contributed by atoms with Gasteiger partial charge in [0.25, 0.3) is 0 Å². The predicted molar refractivity (Wildman–Crippen MR) is 73.8 cm³/mol. The van der Waals surface area contributed by atoms with Gasteiger partial charge < -0.3 is 10.1 Å². The van der Waals surface area contributed by atoms with Crippen molar-refractivity contribution in [1.29, 1.82) is 0 Å². The maximum atomic E-state index is 11.9. The molecular formula is C14H20N2O3. The van der Waals surface area contributed by atoms with E-state index in [4.69, 9.17) is 0 Å². The van der Waals surface area contributed by atoms with Crippen molar-refractivity contribution in [3.8, 4) is 0 Å². The Morgan fingerprint density at radius 2 is 1.89 bits per heavy atom. The van der Waals surface area contributed by atoms with Gasteiger partial charge in [-0.05, 0) is 25.5 Å². The highest BCUT2D eigenvalue weighted by molar-refractivity contribution is 5.94. The highest BCUT2D eigenvalue weighted by Crippen LogP contribution is 2.06. The first-order valence-corrected chi connectivity index (χ1v) is 6.28. The molecule has 5 nitrogen and oxygen atoms in total. The number of hydrogen-bond donors (Lipinski definition) is 2. The van der Waals surface area contributed by atoms with Crippen LogP contribution in [0.5, 0.6) is 0 Å². The predicted octanol–water partition coefficient (Wildman–Crippen LogP) is 1.55. The smallest absolute Gasteiger partial charge is 0.322 e. The number of carbonyl (C=O) groups excluding carboxylic acids is 2. The normalized spacial score (nSPS) is 13.4. The first-order valence-electron chi connectivity index (χ1n) is 6.28. The van der Waals surface area contributed by atoms with Gasteiger partial charge >= 0.3 is 5.97 Å². The van der Waals surface area contributed by atoms with Crippen LogP contribution in [0.3, 0.4) is 0 Å². The Hall–Kier alpha value is -1.88. The van der Waals surface area contributed by atoms with Gasteiger partial charge in [-0.2, -0.15) is 0 Å². The fourth-order valence-corrected chi connectivity index (χ4v) is 1.64. The molecule has 1 amide bonds. The molecule has 19 heavy (non-hydrogen) atoms. The maximum Gasteiger partial charge on any atom is 0.322 e. The molecule has 2 N–H and O–H groups in total. The molecular weight excluding hydrogens is 244 g/mol. The summed E-state index contributed by atoms with van der Waals surface area (Å²) in [6.07, 6.45) is 0.565. The minimum absolute atomic E-state index is 0.187. The third kappa shape index (κ3) is 4.71. The fraction of sp³-hybridized carbons (Fsp3) is 0.429. The number of esters is 1. The molecule has 0 aliphatic heterocycles. The second kappa shape index (κ2) is 7.53. The lowest BCUT2D eigenvalue weighted by atomic mass is 10.2. The molecule has 104 valence electrons. The van der Waals surface area contributed by atoms with Crippen LogP contribution < -0.4 is 10.6 Å². The summed E-state index contributed by atoms with van der Waals surface area (Å²) < 4.78 is 4.67. The second-order valence-corrected chi connectivity index (χ2v) is 4.23. The van der Waals surface area contributed by atoms with Crippen molar-refractivity contribution >= 4 is 17.6 Å². The first kappa shape index (κ1) is 15.2. The molecule has 0 unspecified atom stereocenters. The lowest BCUT2D eigenvalue weighted by molar-refractivity contribution is -0.143. The zero-order chi connectivity index (χ0) is 14.3. The number of carbonyl (C=O) groups is 2. The zero-order valence-corrected chi connectivity index (χ0v) is 11.5. The maximum absolute atomic E-state index is 11.9. The van der Waals surface area contributed by atoms with Crippen molar-refractivity contribution in [2.24, 2.45) is 0 Å². The summed E-state index contributed by atoms with van der Waals surface area (Å²) in [7, 11) is 1.33. The summed E-state index contributed by atoms with van der Waals surface area (Å²) in [5.74, 6) is -0.546. The van der Waals surface area contributed by atoms with E-state index in [-0.39, 0.29) is 11.9 Å². The molecule has 0 bridgehead atoms. The summed E-state index contributed by atoms with van der Waals surface area (Å²) in [5.41, 5.74) is 0.729. The Kier molecular flexibility index (Phi) is 6.02. The van der Waals surface area contributed by atoms with Crippen LogP contribution >= 0.6 is 0 Å². The van der Waals surface area contributed by atoms with Crippen LogP contribution in [0, 0.1) is 0 Å². The van der Waals surface area contributed by atoms with Gasteiger partial charge in [-0.1, -0.05) is 25.1 Å². The van der Waals surface area contributed by atoms with E-state index < -0.39 is 12.1 Å². The van der Waals surface area contributed by atoms with E-state index in [0.29, 0.717) is 6.42 Å². The monoisotopic (exact) mass is 264 g/mol. The topological polar surface area (TPSA) is 67.4 Å². The molecule has 0 fully saturated rings. The Labute approximate surface area is 113 Å². The van der Waals surface area contributed by atoms with Crippen molar-refractivity contribution in [2.75, 3.05) is 12.4 Å². The Balaban J connectivity index is 2.55. The van der Waals surface area contributed by atoms with Gasteiger partial charge in [0.2, 0.25) is 5.91 Å². The van der Waals surface area contributed by atoms with E-state index in [1.807, 2.05) is 37.3 Å². The molecule has 5 heteroatoms. The molecule has 1 rings (SSSR count). The van der Waals surface area contributed by atoms with Crippen molar-refractivity contribution < 1.29 is 14.3 Å². The highest BCUT2D eigenvalue weighted by Gasteiger charge is 2.22. The molecule has 0 radical (unpaired) electrons. The molecule has 1 aromatic rings. The minimum atomic E-state index is -0.482. The standard InChI is InChI=1S/C14H20N2O3/c1-4-12(14(18)19-3)15-10(2)13(17)16-11-8-6-5-7-9-11/h5-10,12,15H,4H2,1-3H3,(H,16,17)/t10-,12-/m1/s1. The van der Waals surface area contributed by atoms with Gasteiger partial charge in [0.1, 0.15) is 6.04 Å². The summed E-state index contributed by atoms with van der Waals surface area (Å²) in [5, 5.41) is 5.73. The average Bonchev–Trinajstić information content (AvgIpc) is 2.44. The van der Waals surface area contributed by atoms with Crippen LogP contribution in [0.2, 0.25) is 0 Å². The van der Waals surface area contributed by atoms with E-state index in [9.17, 15) is 9.59 Å². The lowest BCUT2D eigenvalue weighted by Crippen LogP contribution is -2.47. The number of rotatable bonds is 6. The van der Waals surface area contributed by atoms with Crippen molar-refractivity contribution in [3.63, 3.8) is 0 Å². The van der Waals surface area contributed by atoms with Crippen LogP contribution in [-0.2, 0) is 14.3 Å². The summed E-state index contributed by atoms with van der Waals surface area (Å²) >= 11 is 0. The van der Waals surface area contributed by atoms with Crippen molar-refractivity contribution in [2.45, 2.75) is 32.4 Å². The first-order chi connectivity index (χ1) is 9.08. The van der Waals surface area contributed by atoms with Gasteiger partial charge in [0, 0.05) is 5.69 Å². The third-order valence-corrected chi connectivity index (χ3v) is 2.78. The van der Waals surface area contributed by atoms with Gasteiger partial charge in [-0.15, -0.1) is 0 Å². The number of nitrogens with one attached hydrogen (secondary N) is 2. The third-order valence-electron chi connectivity index (χ3n) is 2.78. The van der Waals surface area contributed by atoms with Crippen LogP contribution in [-0.4, -0.2) is 31.1 Å². The fourth-order valence-electron chi connectivity index (χ4n) is 1.64. The summed E-state index contributed by atoms with van der Waals surface area (Å²) in [6, 6.07) is 8.23. The molecule has 0 saturated carbocycles. The van der Waals surface area contributed by atoms with E-state index >= 15 is 0 Å². The molecule has 1 aromatic carbocycles. The van der Waals surface area contributed by atoms with Crippen LogP contribution in [0.4, 0.5) is 5.69 Å². The van der Waals surface area contributed by atoms with E-state index in [1.54, 1.807) is 6.92 Å². The molecule has 0 saturated heterocycles. The van der Waals surface area contributed by atoms with Crippen LogP contribution in [0.15, 0.2) is 30.3 Å². The number of benzene rings is 1. The molecule has 0 spiro atoms. The Morgan fingerprint density at radius 1 is 1.26 bits per heavy atom. The van der Waals surface area contributed by atoms with E-state index in [1.165, 1.54) is 7.11 Å². The zero-order valence-electron chi connectivity index (χ0n) is 11.5. The van der Waals surface area contributed by atoms with Gasteiger partial charge in [0.05, 0.1) is 13.2 Å². The molecule has 0 aliphatic carbocycles. The largest absolute Gasteiger partial charge is 0.468 e. The van der Waals surface area contributed by atoms with Gasteiger partial charge in [0.15, 0.2) is 0 Å². The minimum Gasteiger partial charge on any atom is -0.468 e. The highest BCUT2D eigenvalue weighted by atomic mass is 16.5. The molecule has 2 atom stereocenters. The van der Waals surface area contributed by atoms with Crippen molar-refractivity contribution in [3.05, 3.63) is 30.3 Å². The number of amides is 1. The van der Waals surface area contributed by atoms with Crippen molar-refractivity contribution in [1.82, 2.24) is 5.32 Å². The molecule has 0 aliphatic rings. The van der Waals surface area contributed by atoms with E-state index in [2.05, 4.69) is 15.4 Å². The number of hydrogen-bond acceptors (Lipinski definition) is 4. The Morgan fingerprint density at radius 3 is 2.42 bits per heavy atom. The van der Waals surface area contributed by atoms with Crippen LogP contribution in [0.25, 0.3) is 0 Å². The SMILES string of the molecule is CC[C@@H](N[C@H](C)C(=O)Nc1ccccc1)C(=O)OC. The summed E-state index contributed by atoms with van der Waals surface area (Å²) in [4.78, 5) is 23.4. The quantitative estimate of drug-likeness (QED) is 0.765. The second-order valence-electron chi connectivity index (χ2n) is 4.23. The number of anilines is 1. The number of para-hydroxylation sites is 1. The van der Waals surface area contributed by atoms with Gasteiger partial charge in [-0.25, -0.2) is 0 Å².